The summed E-state index contributed by atoms with van der Waals surface area (Å²) in [6.45, 7) is 9.62. The number of nitrogens with two attached hydrogens (primary N) is 2. The number of likely N-dealkylation sites (N-methyl/N-ethyl adjacent to an activating group) is 1. The average molecular weight is 1870 g/mol. The number of allylic oxidation sites excluding steroid dienone is 4. The molecule has 34 nitrogen and oxygen atoms in total. The molecule has 4 heterocycles. The van der Waals surface area contributed by atoms with Crippen LogP contribution in [-0.2, 0) is 101 Å². The largest absolute Gasteiger partial charge is 0.508 e. The van der Waals surface area contributed by atoms with Crippen molar-refractivity contribution in [3.05, 3.63) is 118 Å². The highest BCUT2D eigenvalue weighted by Crippen LogP contribution is 2.50. The fourth-order valence-corrected chi connectivity index (χ4v) is 20.1. The van der Waals surface area contributed by atoms with Crippen molar-refractivity contribution in [2.75, 3.05) is 69.3 Å². The number of halogens is 1. The van der Waals surface area contributed by atoms with Crippen LogP contribution in [0.5, 0.6) is 11.5 Å². The molecule has 3 saturated heterocycles. The molecule has 9 amide bonds. The number of aliphatic hydroxyl groups is 3. The fraction of sp³-hybridized carbons (Fsp3) is 0.580. The molecule has 1 aliphatic carbocycles. The lowest BCUT2D eigenvalue weighted by Crippen LogP contribution is -2.62. The Bertz CT molecular complexity index is 4490. The minimum atomic E-state index is -1.87. The normalized spacial score (nSPS) is 26.7. The maximum atomic E-state index is 15.1. The summed E-state index contributed by atoms with van der Waals surface area (Å²) in [6.07, 6.45) is 1.80. The number of hydrogen-bond donors (Lipinski definition) is 14. The number of aliphatic carboxylic acids is 1. The Kier molecular flexibility index (Phi) is 40.2. The summed E-state index contributed by atoms with van der Waals surface area (Å²) in [5.41, 5.74) is 14.4. The van der Waals surface area contributed by atoms with E-state index in [0.717, 1.165) is 50.8 Å². The van der Waals surface area contributed by atoms with Crippen molar-refractivity contribution in [1.82, 2.24) is 42.1 Å². The zero-order chi connectivity index (χ0) is 93.1. The van der Waals surface area contributed by atoms with Crippen molar-refractivity contribution >= 4 is 143 Å². The number of nitrogens with one attached hydrogen (secondary N) is 7. The molecule has 3 aromatic carbocycles. The van der Waals surface area contributed by atoms with Gasteiger partial charge in [-0.2, -0.15) is 0 Å². The van der Waals surface area contributed by atoms with Gasteiger partial charge in [-0.05, 0) is 157 Å². The first-order valence-electron chi connectivity index (χ1n) is 42.5. The van der Waals surface area contributed by atoms with Crippen molar-refractivity contribution < 1.29 is 112 Å². The number of aliphatic hydroxyl groups excluding tert-OH is 2. The van der Waals surface area contributed by atoms with E-state index >= 15 is 9.59 Å². The number of carbonyl (C=O) groups excluding carboxylic acids is 12. The van der Waals surface area contributed by atoms with Gasteiger partial charge in [0, 0.05) is 94.7 Å². The van der Waals surface area contributed by atoms with Gasteiger partial charge in [-0.15, -0.1) is 0 Å². The zero-order valence-electron chi connectivity index (χ0n) is 73.2. The summed E-state index contributed by atoms with van der Waals surface area (Å²) in [6, 6.07) is 4.96. The molecule has 3 aromatic rings. The Morgan fingerprint density at radius 2 is 1.54 bits per heavy atom. The predicted octanol–water partition coefficient (Wildman–Crippen LogP) is 4.76. The van der Waals surface area contributed by atoms with Crippen LogP contribution in [0.4, 0.5) is 5.69 Å². The van der Waals surface area contributed by atoms with Gasteiger partial charge < -0.3 is 108 Å². The zero-order valence-corrected chi connectivity index (χ0v) is 77.3. The molecule has 8 rings (SSSR count). The first-order chi connectivity index (χ1) is 60.3. The number of esters is 2. The molecule has 18 atom stereocenters. The number of anilines is 1. The van der Waals surface area contributed by atoms with Crippen molar-refractivity contribution in [1.29, 1.82) is 0 Å². The van der Waals surface area contributed by atoms with Gasteiger partial charge in [0.25, 0.3) is 0 Å². The lowest BCUT2D eigenvalue weighted by Gasteiger charge is -2.42. The van der Waals surface area contributed by atoms with Crippen LogP contribution in [0, 0.1) is 11.8 Å². The number of Topliss-reactive ketones (excluding diaryl/α,β-unsaturated/α-hetero) is 1. The second kappa shape index (κ2) is 49.3. The smallest absolute Gasteiger partial charge is 0.328 e. The van der Waals surface area contributed by atoms with E-state index in [9.17, 15) is 78.3 Å². The van der Waals surface area contributed by atoms with Gasteiger partial charge in [0.2, 0.25) is 53.2 Å². The van der Waals surface area contributed by atoms with Crippen LogP contribution in [0.3, 0.4) is 0 Å². The molecule has 0 radical (unpaired) electrons. The van der Waals surface area contributed by atoms with Crippen molar-refractivity contribution in [2.45, 2.75) is 247 Å². The second-order valence-corrected chi connectivity index (χ2v) is 38.7. The molecule has 127 heavy (non-hydrogen) atoms. The number of benzene rings is 3. The summed E-state index contributed by atoms with van der Waals surface area (Å²) < 4.78 is 29.9. The summed E-state index contributed by atoms with van der Waals surface area (Å²) in [5.74, 6) is -12.1. The number of phenolic OH excluding ortho intramolecular Hbond substituents is 1. The van der Waals surface area contributed by atoms with Crippen molar-refractivity contribution in [2.24, 2.45) is 23.3 Å². The van der Waals surface area contributed by atoms with Gasteiger partial charge >= 0.3 is 17.9 Å². The Morgan fingerprint density at radius 1 is 0.850 bits per heavy atom. The van der Waals surface area contributed by atoms with Crippen LogP contribution in [0.15, 0.2) is 90.5 Å². The third kappa shape index (κ3) is 29.9. The quantitative estimate of drug-likeness (QED) is 0.0173. The van der Waals surface area contributed by atoms with Crippen LogP contribution in [0.2, 0.25) is 5.02 Å². The number of nitrogens with zero attached hydrogens (tertiary/aromatic N) is 2. The molecule has 16 N–H and O–H groups in total. The number of methoxy groups -OCH3 is 2. The Labute approximate surface area is 760 Å². The number of amides is 9. The molecule has 39 heteroatoms. The monoisotopic (exact) mass is 1860 g/mol. The SMILES string of the molecule is COc1cc2cc(c1Cl)N(C)C(=O)C[C@H](OC(=O)[C@H](C)N(C)C(=O)CCSSCCC(=O)NCCCC[C@@H](N)C(=O)N[C@H]1CSSC[C@@H](C(=O)N[C@H](C(=O)O)[C@@H](C)O)NC(=O)[C@H]([C@@H](C)O)NC(=O)[C@H](CCCCN)NC(=O)[C@@H](CC3=CCc4ccccc43)NC(=O)[C@H](Cc3ccc(O)cc3)CC1=O)[C@]1(C)O[C@H]1[C@H](C)[C@@H]1C[C@@](O)(CC(=O)O1)[C@H](OC)C/C=C/C=C(\C)C2. The van der Waals surface area contributed by atoms with Crippen LogP contribution in [0.1, 0.15) is 154 Å². The van der Waals surface area contributed by atoms with Gasteiger partial charge in [-0.3, -0.25) is 52.7 Å². The second-order valence-electron chi connectivity index (χ2n) is 33.1. The van der Waals surface area contributed by atoms with E-state index in [2.05, 4.69) is 37.2 Å². The number of ketones is 1. The number of epoxide rings is 1. The lowest BCUT2D eigenvalue weighted by atomic mass is 9.78. The van der Waals surface area contributed by atoms with Crippen LogP contribution in [0.25, 0.3) is 5.57 Å². The lowest BCUT2D eigenvalue weighted by molar-refractivity contribution is -0.192. The minimum absolute atomic E-state index is 0.00424. The Morgan fingerprint density at radius 3 is 2.23 bits per heavy atom. The molecular formula is C88H122ClN11O23S4. The number of hydrogen-bond acceptors (Lipinski definition) is 28. The number of carboxylic acids is 1. The fourth-order valence-electron chi connectivity index (χ4n) is 15.5. The average Bonchev–Trinajstić information content (AvgIpc) is 1.57. The number of phenols is 1. The van der Waals surface area contributed by atoms with E-state index in [1.807, 2.05) is 55.5 Å². The van der Waals surface area contributed by atoms with Gasteiger partial charge in [-0.25, -0.2) is 9.59 Å². The Balaban J connectivity index is 0.879. The van der Waals surface area contributed by atoms with Gasteiger partial charge in [0.05, 0.1) is 62.1 Å². The van der Waals surface area contributed by atoms with Gasteiger partial charge in [0.1, 0.15) is 70.1 Å². The number of unbranched alkanes of at least 4 members (excludes halogenated alkanes) is 2. The number of rotatable bonds is 32. The number of carbonyl (C=O) groups is 13. The third-order valence-electron chi connectivity index (χ3n) is 23.4. The highest BCUT2D eigenvalue weighted by atomic mass is 35.5. The number of fused-ring (bicyclic) bond motifs is 6. The molecule has 698 valence electrons. The van der Waals surface area contributed by atoms with Crippen molar-refractivity contribution in [3.63, 3.8) is 0 Å². The first kappa shape index (κ1) is 104. The topological polar surface area (TPSA) is 515 Å². The summed E-state index contributed by atoms with van der Waals surface area (Å²) in [7, 11) is 10.5. The highest BCUT2D eigenvalue weighted by molar-refractivity contribution is 8.77. The summed E-state index contributed by atoms with van der Waals surface area (Å²) in [5, 5.41) is 72.2. The maximum absolute atomic E-state index is 15.1. The molecule has 4 aliphatic heterocycles. The predicted molar refractivity (Wildman–Crippen MR) is 484 cm³/mol. The first-order valence-corrected chi connectivity index (χ1v) is 47.9. The molecule has 0 unspecified atom stereocenters. The van der Waals surface area contributed by atoms with E-state index in [-0.39, 0.29) is 105 Å². The molecule has 0 saturated carbocycles. The standard InChI is InChI=1S/C88H122ClN11O23S4/c1-48-19-11-14-24-69(120-10)88(118)44-68(121-74(108)45-88)49(2)78-87(6,123-78)70(43-73(107)100(8)65-39-54(37-48)40-67(119-9)75(65)89)122-86(117)50(3)99(7)72(106)32-36-125-124-35-31-71(105)92-34-18-16-22-60(91)80(110)95-63-46-126-127-47-64(83(113)98-77(52(5)102)85(115)116)96-84(114)76(51(4)101)97-81(111)61(23-15-17-33-90)93-82(112)62(41-56-28-27-55-20-12-13-21-59(55)56)94-79(109)57(42-66(63)104)38-53-25-29-58(103)30-26-53/h11-14,19-21,25-26,28-30,39-40,49-52,57,60-64,68-70,76-78,101-103,118H,15-18,22-24,27,31-38,41-47,90-91H2,1-10H3,(H,92,105)(H,93,112)(H,94,109)(H,95,110)(H,96,114)(H,97,111)(H,98,113)(H,115,116)/b14-11+,48-19+/t49-,50+,51-,52-,57-,60-,61+,62-,63+,64+,68+,69-,70+,76+,77+,78+,87+,88-/m1/s1. The van der Waals surface area contributed by atoms with Gasteiger partial charge in [-0.1, -0.05) is 128 Å². The molecular weight excluding hydrogens is 1740 g/mol. The summed E-state index contributed by atoms with van der Waals surface area (Å²) >= 11 is 6.89. The number of ether oxygens (including phenoxy) is 5. The van der Waals surface area contributed by atoms with E-state index in [4.69, 9.17) is 46.8 Å². The molecule has 0 aromatic heterocycles. The van der Waals surface area contributed by atoms with E-state index in [1.165, 1.54) is 78.6 Å². The molecule has 0 spiro atoms. The molecule has 3 fully saturated rings. The molecule has 5 aliphatic rings. The van der Waals surface area contributed by atoms with E-state index in [1.54, 1.807) is 45.2 Å². The molecule has 4 bridgehead atoms. The van der Waals surface area contributed by atoms with Crippen molar-refractivity contribution in [3.8, 4) is 11.5 Å². The maximum Gasteiger partial charge on any atom is 0.328 e. The third-order valence-corrected chi connectivity index (χ3v) is 28.6. The van der Waals surface area contributed by atoms with E-state index < -0.39 is 192 Å². The minimum Gasteiger partial charge on any atom is -0.508 e. The Hall–Kier alpha value is -8.80. The van der Waals surface area contributed by atoms with Crippen LogP contribution < -0.4 is 58.3 Å². The highest BCUT2D eigenvalue weighted by Gasteiger charge is 2.65. The van der Waals surface area contributed by atoms with Gasteiger partial charge in [0.15, 0.2) is 11.8 Å². The summed E-state index contributed by atoms with van der Waals surface area (Å²) in [4.78, 5) is 186. The number of aromatic hydroxyl groups is 1. The van der Waals surface area contributed by atoms with Crippen LogP contribution in [-0.4, -0.2) is 268 Å². The number of carboxylic acid groups (broad SMARTS) is 1. The van der Waals surface area contributed by atoms with Crippen LogP contribution >= 0.6 is 54.8 Å². The van der Waals surface area contributed by atoms with E-state index in [0.29, 0.717) is 66.2 Å².